The van der Waals surface area contributed by atoms with Gasteiger partial charge in [0.15, 0.2) is 0 Å². The van der Waals surface area contributed by atoms with Crippen LogP contribution in [0, 0.1) is 5.92 Å². The van der Waals surface area contributed by atoms with Gasteiger partial charge in [-0.25, -0.2) is 0 Å². The van der Waals surface area contributed by atoms with Crippen LogP contribution < -0.4 is 5.32 Å². The number of hydrogen-bond donors (Lipinski definition) is 1. The van der Waals surface area contributed by atoms with Crippen molar-refractivity contribution < 1.29 is 4.74 Å². The summed E-state index contributed by atoms with van der Waals surface area (Å²) >= 11 is 0. The molecule has 2 unspecified atom stereocenters. The number of rotatable bonds is 5. The van der Waals surface area contributed by atoms with E-state index in [9.17, 15) is 0 Å². The van der Waals surface area contributed by atoms with Crippen LogP contribution in [0.5, 0.6) is 0 Å². The first-order valence-corrected chi connectivity index (χ1v) is 7.30. The van der Waals surface area contributed by atoms with E-state index in [1.54, 1.807) is 0 Å². The molecule has 3 heteroatoms. The average molecular weight is 240 g/mol. The smallest absolute Gasteiger partial charge is 0.0612 e. The van der Waals surface area contributed by atoms with Gasteiger partial charge in [-0.15, -0.1) is 0 Å². The van der Waals surface area contributed by atoms with E-state index in [0.717, 1.165) is 18.7 Å². The zero-order valence-corrected chi connectivity index (χ0v) is 11.6. The van der Waals surface area contributed by atoms with Crippen molar-refractivity contribution in [3.8, 4) is 0 Å². The number of ether oxygens (including phenoxy) is 1. The minimum absolute atomic E-state index is 0.473. The lowest BCUT2D eigenvalue weighted by Gasteiger charge is -2.46. The van der Waals surface area contributed by atoms with Crippen LogP contribution in [-0.4, -0.2) is 49.3 Å². The largest absolute Gasteiger partial charge is 0.378 e. The molecular weight excluding hydrogens is 212 g/mol. The standard InChI is InChI=1S/C14H28N2O/c1-4-6-16(13-9-15-10-13)12-5-7-17-14(8-12)11(2)3/h11-15H,4-10H2,1-3H3. The molecule has 0 aromatic heterocycles. The van der Waals surface area contributed by atoms with E-state index in [-0.39, 0.29) is 0 Å². The Morgan fingerprint density at radius 2 is 2.06 bits per heavy atom. The molecule has 0 radical (unpaired) electrons. The highest BCUT2D eigenvalue weighted by Gasteiger charge is 2.34. The highest BCUT2D eigenvalue weighted by atomic mass is 16.5. The van der Waals surface area contributed by atoms with Crippen LogP contribution in [-0.2, 0) is 4.74 Å². The second-order valence-corrected chi connectivity index (χ2v) is 5.88. The summed E-state index contributed by atoms with van der Waals surface area (Å²) in [5, 5.41) is 3.40. The molecule has 0 aliphatic carbocycles. The molecule has 2 fully saturated rings. The molecule has 100 valence electrons. The van der Waals surface area contributed by atoms with Gasteiger partial charge in [0.25, 0.3) is 0 Å². The molecule has 1 N–H and O–H groups in total. The fraction of sp³-hybridized carbons (Fsp3) is 1.00. The second-order valence-electron chi connectivity index (χ2n) is 5.88. The van der Waals surface area contributed by atoms with E-state index in [4.69, 9.17) is 4.74 Å². The molecule has 2 rings (SSSR count). The Morgan fingerprint density at radius 1 is 1.29 bits per heavy atom. The topological polar surface area (TPSA) is 24.5 Å². The molecule has 0 amide bonds. The molecule has 0 aromatic rings. The van der Waals surface area contributed by atoms with Crippen LogP contribution in [0.1, 0.15) is 40.0 Å². The van der Waals surface area contributed by atoms with Crippen molar-refractivity contribution in [2.45, 2.75) is 58.2 Å². The minimum atomic E-state index is 0.473. The third kappa shape index (κ3) is 3.21. The van der Waals surface area contributed by atoms with Crippen LogP contribution >= 0.6 is 0 Å². The Labute approximate surface area is 106 Å². The highest BCUT2D eigenvalue weighted by Crippen LogP contribution is 2.26. The maximum atomic E-state index is 5.89. The molecular formula is C14H28N2O. The van der Waals surface area contributed by atoms with Crippen molar-refractivity contribution in [3.63, 3.8) is 0 Å². The summed E-state index contributed by atoms with van der Waals surface area (Å²) in [7, 11) is 0. The lowest BCUT2D eigenvalue weighted by atomic mass is 9.92. The molecule has 0 spiro atoms. The fourth-order valence-electron chi connectivity index (χ4n) is 3.00. The van der Waals surface area contributed by atoms with E-state index in [1.807, 2.05) is 0 Å². The van der Waals surface area contributed by atoms with E-state index < -0.39 is 0 Å². The Balaban J connectivity index is 1.92. The Hall–Kier alpha value is -0.120. The van der Waals surface area contributed by atoms with Crippen molar-refractivity contribution in [1.29, 1.82) is 0 Å². The summed E-state index contributed by atoms with van der Waals surface area (Å²) in [5.41, 5.74) is 0. The number of hydrogen-bond acceptors (Lipinski definition) is 3. The Bertz CT molecular complexity index is 228. The van der Waals surface area contributed by atoms with E-state index >= 15 is 0 Å². The summed E-state index contributed by atoms with van der Waals surface area (Å²) in [4.78, 5) is 2.74. The maximum Gasteiger partial charge on any atom is 0.0612 e. The number of nitrogens with one attached hydrogen (secondary N) is 1. The predicted molar refractivity (Wildman–Crippen MR) is 71.3 cm³/mol. The molecule has 3 nitrogen and oxygen atoms in total. The molecule has 17 heavy (non-hydrogen) atoms. The van der Waals surface area contributed by atoms with Crippen molar-refractivity contribution in [3.05, 3.63) is 0 Å². The van der Waals surface area contributed by atoms with Gasteiger partial charge in [-0.05, 0) is 31.7 Å². The van der Waals surface area contributed by atoms with Crippen molar-refractivity contribution >= 4 is 0 Å². The number of nitrogens with zero attached hydrogens (tertiary/aromatic N) is 1. The quantitative estimate of drug-likeness (QED) is 0.794. The van der Waals surface area contributed by atoms with Crippen LogP contribution in [0.3, 0.4) is 0 Å². The van der Waals surface area contributed by atoms with Crippen LogP contribution in [0.15, 0.2) is 0 Å². The second kappa shape index (κ2) is 6.17. The molecule has 0 saturated carbocycles. The van der Waals surface area contributed by atoms with Gasteiger partial charge < -0.3 is 10.1 Å². The molecule has 2 aliphatic heterocycles. The van der Waals surface area contributed by atoms with Crippen LogP contribution in [0.4, 0.5) is 0 Å². The van der Waals surface area contributed by atoms with E-state index in [0.29, 0.717) is 12.0 Å². The zero-order chi connectivity index (χ0) is 12.3. The van der Waals surface area contributed by atoms with Crippen molar-refractivity contribution in [1.82, 2.24) is 10.2 Å². The van der Waals surface area contributed by atoms with Gasteiger partial charge in [0, 0.05) is 31.8 Å². The Morgan fingerprint density at radius 3 is 2.59 bits per heavy atom. The maximum absolute atomic E-state index is 5.89. The third-order valence-corrected chi connectivity index (χ3v) is 4.21. The Kier molecular flexibility index (Phi) is 4.83. The highest BCUT2D eigenvalue weighted by molar-refractivity contribution is 4.90. The monoisotopic (exact) mass is 240 g/mol. The van der Waals surface area contributed by atoms with Gasteiger partial charge in [-0.1, -0.05) is 20.8 Å². The predicted octanol–water partition coefficient (Wildman–Crippen LogP) is 1.87. The van der Waals surface area contributed by atoms with E-state index in [2.05, 4.69) is 31.0 Å². The summed E-state index contributed by atoms with van der Waals surface area (Å²) in [6.07, 6.45) is 4.19. The van der Waals surface area contributed by atoms with Gasteiger partial charge in [-0.3, -0.25) is 4.90 Å². The summed E-state index contributed by atoms with van der Waals surface area (Å²) < 4.78 is 5.89. The van der Waals surface area contributed by atoms with Gasteiger partial charge in [-0.2, -0.15) is 0 Å². The van der Waals surface area contributed by atoms with Gasteiger partial charge in [0.2, 0.25) is 0 Å². The molecule has 0 bridgehead atoms. The van der Waals surface area contributed by atoms with Crippen LogP contribution in [0.25, 0.3) is 0 Å². The molecule has 2 heterocycles. The summed E-state index contributed by atoms with van der Waals surface area (Å²) in [5.74, 6) is 0.654. The minimum Gasteiger partial charge on any atom is -0.378 e. The normalized spacial score (nSPS) is 30.9. The van der Waals surface area contributed by atoms with Gasteiger partial charge in [0.1, 0.15) is 0 Å². The first-order chi connectivity index (χ1) is 8.22. The lowest BCUT2D eigenvalue weighted by molar-refractivity contribution is -0.0605. The lowest BCUT2D eigenvalue weighted by Crippen LogP contribution is -2.61. The summed E-state index contributed by atoms with van der Waals surface area (Å²) in [6.45, 7) is 11.4. The SMILES string of the molecule is CCCN(C1CNC1)C1CCOC(C(C)C)C1. The third-order valence-electron chi connectivity index (χ3n) is 4.21. The van der Waals surface area contributed by atoms with Crippen molar-refractivity contribution in [2.24, 2.45) is 5.92 Å². The van der Waals surface area contributed by atoms with Crippen molar-refractivity contribution in [2.75, 3.05) is 26.2 Å². The zero-order valence-electron chi connectivity index (χ0n) is 11.6. The molecule has 2 atom stereocenters. The first-order valence-electron chi connectivity index (χ1n) is 7.30. The molecule has 0 aromatic carbocycles. The average Bonchev–Trinajstić information content (AvgIpc) is 2.26. The first kappa shape index (κ1) is 13.3. The van der Waals surface area contributed by atoms with Crippen LogP contribution in [0.2, 0.25) is 0 Å². The molecule has 2 aliphatic rings. The van der Waals surface area contributed by atoms with Gasteiger partial charge >= 0.3 is 0 Å². The summed E-state index contributed by atoms with van der Waals surface area (Å²) in [6, 6.07) is 1.54. The van der Waals surface area contributed by atoms with E-state index in [1.165, 1.54) is 38.9 Å². The fourth-order valence-corrected chi connectivity index (χ4v) is 3.00. The van der Waals surface area contributed by atoms with Gasteiger partial charge in [0.05, 0.1) is 6.10 Å². The molecule has 2 saturated heterocycles.